The third-order valence-electron chi connectivity index (χ3n) is 4.06. The Morgan fingerprint density at radius 3 is 2.81 bits per heavy atom. The van der Waals surface area contributed by atoms with Crippen LogP contribution >= 0.6 is 11.8 Å². The molecule has 1 aromatic carbocycles. The second-order valence-corrected chi connectivity index (χ2v) is 6.93. The molecule has 2 heterocycles. The zero-order valence-corrected chi connectivity index (χ0v) is 15.5. The molecule has 0 aromatic heterocycles. The van der Waals surface area contributed by atoms with Gasteiger partial charge in [0.15, 0.2) is 5.17 Å². The summed E-state index contributed by atoms with van der Waals surface area (Å²) in [5, 5.41) is 2.96. The number of morpholine rings is 1. The number of hydrogen-bond donors (Lipinski definition) is 1. The maximum absolute atomic E-state index is 12.4. The average molecular weight is 379 g/mol. The Balaban J connectivity index is 1.58. The van der Waals surface area contributed by atoms with Gasteiger partial charge in [0.2, 0.25) is 5.91 Å². The average Bonchev–Trinajstić information content (AvgIpc) is 3.03. The highest BCUT2D eigenvalue weighted by Gasteiger charge is 2.33. The summed E-state index contributed by atoms with van der Waals surface area (Å²) in [4.78, 5) is 30.6. The van der Waals surface area contributed by atoms with Crippen LogP contribution in [-0.2, 0) is 14.3 Å². The van der Waals surface area contributed by atoms with Crippen molar-refractivity contribution < 1.29 is 23.8 Å². The van der Waals surface area contributed by atoms with Crippen LogP contribution in [0.3, 0.4) is 0 Å². The van der Waals surface area contributed by atoms with Gasteiger partial charge >= 0.3 is 0 Å². The Labute approximate surface area is 155 Å². The maximum atomic E-state index is 12.4. The predicted octanol–water partition coefficient (Wildman–Crippen LogP) is 1.36. The van der Waals surface area contributed by atoms with Crippen molar-refractivity contribution in [2.24, 2.45) is 4.99 Å². The number of methoxy groups -OCH3 is 2. The molecule has 26 heavy (non-hydrogen) atoms. The van der Waals surface area contributed by atoms with Crippen molar-refractivity contribution in [2.75, 3.05) is 45.8 Å². The van der Waals surface area contributed by atoms with Gasteiger partial charge in [0, 0.05) is 25.6 Å². The molecule has 8 nitrogen and oxygen atoms in total. The lowest BCUT2D eigenvalue weighted by Crippen LogP contribution is -2.39. The van der Waals surface area contributed by atoms with E-state index >= 15 is 0 Å². The molecule has 0 radical (unpaired) electrons. The minimum Gasteiger partial charge on any atom is -0.497 e. The monoisotopic (exact) mass is 379 g/mol. The van der Waals surface area contributed by atoms with Gasteiger partial charge in [-0.25, -0.2) is 0 Å². The highest BCUT2D eigenvalue weighted by molar-refractivity contribution is 8.15. The second kappa shape index (κ2) is 8.41. The van der Waals surface area contributed by atoms with Gasteiger partial charge < -0.3 is 24.4 Å². The number of carbonyl (C=O) groups excluding carboxylic acids is 2. The lowest BCUT2D eigenvalue weighted by molar-refractivity contribution is -0.121. The molecule has 2 aliphatic rings. The lowest BCUT2D eigenvalue weighted by Gasteiger charge is -2.27. The Bertz CT molecular complexity index is 718. The molecule has 1 saturated heterocycles. The molecule has 1 atom stereocenters. The molecule has 9 heteroatoms. The number of ether oxygens (including phenoxy) is 3. The third kappa shape index (κ3) is 4.28. The van der Waals surface area contributed by atoms with Crippen molar-refractivity contribution in [2.45, 2.75) is 11.7 Å². The van der Waals surface area contributed by atoms with E-state index in [2.05, 4.69) is 10.3 Å². The molecule has 1 fully saturated rings. The van der Waals surface area contributed by atoms with Gasteiger partial charge in [-0.3, -0.25) is 9.59 Å². The summed E-state index contributed by atoms with van der Waals surface area (Å²) in [5.74, 6) is 0.587. The first-order valence-corrected chi connectivity index (χ1v) is 9.12. The van der Waals surface area contributed by atoms with Crippen molar-refractivity contribution in [3.05, 3.63) is 18.2 Å². The van der Waals surface area contributed by atoms with Gasteiger partial charge in [0.25, 0.3) is 5.91 Å². The summed E-state index contributed by atoms with van der Waals surface area (Å²) in [5.41, 5.74) is 0.531. The van der Waals surface area contributed by atoms with Crippen molar-refractivity contribution in [1.29, 1.82) is 0 Å². The van der Waals surface area contributed by atoms with Crippen molar-refractivity contribution in [3.63, 3.8) is 0 Å². The summed E-state index contributed by atoms with van der Waals surface area (Å²) in [7, 11) is 3.07. The first kappa shape index (κ1) is 18.5. The summed E-state index contributed by atoms with van der Waals surface area (Å²) in [6, 6.07) is 5.12. The quantitative estimate of drug-likeness (QED) is 0.826. The molecule has 140 valence electrons. The van der Waals surface area contributed by atoms with Gasteiger partial charge in [-0.15, -0.1) is 0 Å². The number of thioether (sulfide) groups is 1. The van der Waals surface area contributed by atoms with Crippen LogP contribution in [0, 0.1) is 0 Å². The van der Waals surface area contributed by atoms with E-state index in [9.17, 15) is 9.59 Å². The largest absolute Gasteiger partial charge is 0.497 e. The molecule has 2 amide bonds. The molecule has 0 unspecified atom stereocenters. The van der Waals surface area contributed by atoms with Gasteiger partial charge in [-0.05, 0) is 12.1 Å². The molecule has 1 aromatic rings. The fourth-order valence-electron chi connectivity index (χ4n) is 2.67. The number of nitrogens with zero attached hydrogens (tertiary/aromatic N) is 2. The van der Waals surface area contributed by atoms with Gasteiger partial charge in [-0.1, -0.05) is 11.8 Å². The van der Waals surface area contributed by atoms with Gasteiger partial charge in [0.05, 0.1) is 33.1 Å². The molecular formula is C17H21N3O5S. The predicted molar refractivity (Wildman–Crippen MR) is 99.0 cm³/mol. The molecule has 2 aliphatic heterocycles. The summed E-state index contributed by atoms with van der Waals surface area (Å²) >= 11 is 1.34. The van der Waals surface area contributed by atoms with Gasteiger partial charge in [-0.2, -0.15) is 4.99 Å². The fourth-order valence-corrected chi connectivity index (χ4v) is 3.79. The van der Waals surface area contributed by atoms with E-state index < -0.39 is 5.25 Å². The minimum absolute atomic E-state index is 0.0516. The lowest BCUT2D eigenvalue weighted by atomic mass is 10.2. The molecule has 0 saturated carbocycles. The standard InChI is InChI=1S/C17H21N3O5S/c1-23-11-3-4-12(13(9-11)24-2)18-15(21)10-14-16(22)19-17(26-14)20-5-7-25-8-6-20/h3-4,9,14H,5-8,10H2,1-2H3,(H,18,21)/t14-/m0/s1. The Kier molecular flexibility index (Phi) is 6.00. The molecule has 0 aliphatic carbocycles. The summed E-state index contributed by atoms with van der Waals surface area (Å²) in [6.07, 6.45) is 0.0516. The number of rotatable bonds is 5. The van der Waals surface area contributed by atoms with E-state index in [4.69, 9.17) is 14.2 Å². The van der Waals surface area contributed by atoms with E-state index in [-0.39, 0.29) is 18.2 Å². The number of anilines is 1. The first-order valence-electron chi connectivity index (χ1n) is 8.24. The van der Waals surface area contributed by atoms with Gasteiger partial charge in [0.1, 0.15) is 16.7 Å². The van der Waals surface area contributed by atoms with Crippen LogP contribution in [0.4, 0.5) is 5.69 Å². The van der Waals surface area contributed by atoms with Crippen LogP contribution in [-0.4, -0.2) is 67.7 Å². The van der Waals surface area contributed by atoms with E-state index in [0.717, 1.165) is 0 Å². The molecule has 1 N–H and O–H groups in total. The van der Waals surface area contributed by atoms with Crippen LogP contribution in [0.5, 0.6) is 11.5 Å². The Morgan fingerprint density at radius 1 is 1.35 bits per heavy atom. The fraction of sp³-hybridized carbons (Fsp3) is 0.471. The normalized spacial score (nSPS) is 19.9. The van der Waals surface area contributed by atoms with Crippen LogP contribution in [0.1, 0.15) is 6.42 Å². The highest BCUT2D eigenvalue weighted by Crippen LogP contribution is 2.31. The van der Waals surface area contributed by atoms with Crippen molar-refractivity contribution >= 4 is 34.4 Å². The Hall–Kier alpha value is -2.26. The topological polar surface area (TPSA) is 89.5 Å². The Morgan fingerprint density at radius 2 is 2.12 bits per heavy atom. The van der Waals surface area contributed by atoms with Crippen LogP contribution in [0.2, 0.25) is 0 Å². The number of carbonyl (C=O) groups is 2. The zero-order chi connectivity index (χ0) is 18.5. The van der Waals surface area contributed by atoms with Crippen molar-refractivity contribution in [3.8, 4) is 11.5 Å². The van der Waals surface area contributed by atoms with Crippen molar-refractivity contribution in [1.82, 2.24) is 4.90 Å². The molecular weight excluding hydrogens is 358 g/mol. The van der Waals surface area contributed by atoms with Crippen LogP contribution < -0.4 is 14.8 Å². The highest BCUT2D eigenvalue weighted by atomic mass is 32.2. The van der Waals surface area contributed by atoms with E-state index in [0.29, 0.717) is 48.7 Å². The SMILES string of the molecule is COc1ccc(NC(=O)C[C@@H]2SC(N3CCOCC3)=NC2=O)c(OC)c1. The van der Waals surface area contributed by atoms with Crippen LogP contribution in [0.15, 0.2) is 23.2 Å². The molecule has 3 rings (SSSR count). The number of amidine groups is 1. The zero-order valence-electron chi connectivity index (χ0n) is 14.7. The smallest absolute Gasteiger partial charge is 0.262 e. The number of amides is 2. The minimum atomic E-state index is -0.503. The number of hydrogen-bond acceptors (Lipinski definition) is 7. The van der Waals surface area contributed by atoms with E-state index in [1.807, 2.05) is 4.90 Å². The number of benzene rings is 1. The number of nitrogens with one attached hydrogen (secondary N) is 1. The van der Waals surface area contributed by atoms with Crippen LogP contribution in [0.25, 0.3) is 0 Å². The number of aliphatic imine (C=N–C) groups is 1. The maximum Gasteiger partial charge on any atom is 0.262 e. The first-order chi connectivity index (χ1) is 12.6. The summed E-state index contributed by atoms with van der Waals surface area (Å²) in [6.45, 7) is 2.66. The third-order valence-corrected chi connectivity index (χ3v) is 5.28. The van der Waals surface area contributed by atoms with E-state index in [1.165, 1.54) is 18.9 Å². The second-order valence-electron chi connectivity index (χ2n) is 5.76. The molecule has 0 bridgehead atoms. The molecule has 0 spiro atoms. The summed E-state index contributed by atoms with van der Waals surface area (Å²) < 4.78 is 15.7. The van der Waals surface area contributed by atoms with E-state index in [1.54, 1.807) is 25.3 Å².